The van der Waals surface area contributed by atoms with Crippen LogP contribution < -0.4 is 16.4 Å². The van der Waals surface area contributed by atoms with Crippen LogP contribution in [0.2, 0.25) is 0 Å². The number of nitrogens with zero attached hydrogens (tertiary/aromatic N) is 3. The SMILES string of the molecule is CCCCCCCCCCCCCCCCNc1ncnc(Nc2ccc(C)cn2)c1N. The van der Waals surface area contributed by atoms with Crippen LogP contribution in [0.4, 0.5) is 23.1 Å². The molecule has 178 valence electrons. The minimum Gasteiger partial charge on any atom is -0.393 e. The molecule has 0 fully saturated rings. The summed E-state index contributed by atoms with van der Waals surface area (Å²) in [5.74, 6) is 1.99. The predicted octanol–water partition coefficient (Wildman–Crippen LogP) is 7.40. The fourth-order valence-electron chi connectivity index (χ4n) is 3.83. The first-order valence-electron chi connectivity index (χ1n) is 12.7. The third kappa shape index (κ3) is 10.8. The van der Waals surface area contributed by atoms with E-state index in [0.29, 0.717) is 17.3 Å². The molecule has 0 saturated heterocycles. The van der Waals surface area contributed by atoms with Crippen molar-refractivity contribution in [3.63, 3.8) is 0 Å². The number of nitrogens with one attached hydrogen (secondary N) is 2. The zero-order valence-corrected chi connectivity index (χ0v) is 20.3. The summed E-state index contributed by atoms with van der Waals surface area (Å²) in [6, 6.07) is 3.92. The molecule has 0 aliphatic carbocycles. The summed E-state index contributed by atoms with van der Waals surface area (Å²) in [6.07, 6.45) is 22.5. The van der Waals surface area contributed by atoms with Crippen LogP contribution in [0.1, 0.15) is 102 Å². The Balaban J connectivity index is 1.50. The molecule has 32 heavy (non-hydrogen) atoms. The number of rotatable bonds is 18. The second kappa shape index (κ2) is 16.3. The molecule has 0 radical (unpaired) electrons. The lowest BCUT2D eigenvalue weighted by Gasteiger charge is -2.12. The number of hydrogen-bond acceptors (Lipinski definition) is 6. The first-order valence-corrected chi connectivity index (χ1v) is 12.7. The highest BCUT2D eigenvalue weighted by molar-refractivity contribution is 5.76. The summed E-state index contributed by atoms with van der Waals surface area (Å²) < 4.78 is 0. The fourth-order valence-corrected chi connectivity index (χ4v) is 3.83. The predicted molar refractivity (Wildman–Crippen MR) is 138 cm³/mol. The number of hydrogen-bond donors (Lipinski definition) is 3. The number of nitrogens with two attached hydrogens (primary N) is 1. The Hall–Kier alpha value is -2.37. The molecule has 2 rings (SSSR count). The maximum absolute atomic E-state index is 6.24. The summed E-state index contributed by atoms with van der Waals surface area (Å²) in [4.78, 5) is 12.9. The summed E-state index contributed by atoms with van der Waals surface area (Å²) in [5, 5.41) is 6.52. The zero-order valence-electron chi connectivity index (χ0n) is 20.3. The van der Waals surface area contributed by atoms with E-state index in [4.69, 9.17) is 5.73 Å². The third-order valence-corrected chi connectivity index (χ3v) is 5.86. The molecule has 2 aromatic rings. The lowest BCUT2D eigenvalue weighted by atomic mass is 10.0. The minimum atomic E-state index is 0.528. The highest BCUT2D eigenvalue weighted by Crippen LogP contribution is 2.25. The second-order valence-corrected chi connectivity index (χ2v) is 8.85. The average molecular weight is 441 g/mol. The highest BCUT2D eigenvalue weighted by atomic mass is 15.1. The molecule has 2 aromatic heterocycles. The maximum atomic E-state index is 6.24. The van der Waals surface area contributed by atoms with Gasteiger partial charge in [-0.05, 0) is 25.0 Å². The van der Waals surface area contributed by atoms with Gasteiger partial charge in [-0.3, -0.25) is 0 Å². The molecule has 0 unspecified atom stereocenters. The molecule has 0 aromatic carbocycles. The molecule has 0 saturated carbocycles. The molecule has 6 nitrogen and oxygen atoms in total. The fraction of sp³-hybridized carbons (Fsp3) is 0.654. The van der Waals surface area contributed by atoms with Crippen LogP contribution in [-0.4, -0.2) is 21.5 Å². The Morgan fingerprint density at radius 1 is 0.719 bits per heavy atom. The van der Waals surface area contributed by atoms with Gasteiger partial charge in [0.1, 0.15) is 17.8 Å². The lowest BCUT2D eigenvalue weighted by Crippen LogP contribution is -2.09. The van der Waals surface area contributed by atoms with Crippen molar-refractivity contribution < 1.29 is 0 Å². The Morgan fingerprint density at radius 3 is 1.84 bits per heavy atom. The summed E-state index contributed by atoms with van der Waals surface area (Å²) in [7, 11) is 0. The number of unbranched alkanes of at least 4 members (excludes halogenated alkanes) is 13. The topological polar surface area (TPSA) is 88.8 Å². The molecule has 0 aliphatic rings. The molecular weight excluding hydrogens is 396 g/mol. The van der Waals surface area contributed by atoms with Crippen LogP contribution in [0.3, 0.4) is 0 Å². The van der Waals surface area contributed by atoms with Crippen LogP contribution >= 0.6 is 0 Å². The van der Waals surface area contributed by atoms with E-state index in [9.17, 15) is 0 Å². The van der Waals surface area contributed by atoms with E-state index in [1.165, 1.54) is 89.8 Å². The van der Waals surface area contributed by atoms with Gasteiger partial charge in [0.25, 0.3) is 0 Å². The van der Waals surface area contributed by atoms with E-state index in [-0.39, 0.29) is 0 Å². The largest absolute Gasteiger partial charge is 0.393 e. The van der Waals surface area contributed by atoms with Gasteiger partial charge in [-0.2, -0.15) is 0 Å². The van der Waals surface area contributed by atoms with Gasteiger partial charge in [0, 0.05) is 12.7 Å². The Bertz CT molecular complexity index is 732. The molecule has 0 spiro atoms. The second-order valence-electron chi connectivity index (χ2n) is 8.85. The molecule has 6 heteroatoms. The molecule has 0 atom stereocenters. The van der Waals surface area contributed by atoms with Crippen LogP contribution in [0, 0.1) is 6.92 Å². The van der Waals surface area contributed by atoms with Crippen molar-refractivity contribution in [3.8, 4) is 0 Å². The number of aromatic nitrogens is 3. The standard InChI is InChI=1S/C26H44N6/c1-3-4-5-6-7-8-9-10-11-12-13-14-15-16-19-28-25-24(27)26(31-21-30-25)32-23-18-17-22(2)20-29-23/h17-18,20-21H,3-16,19,27H2,1-2H3,(H2,28,29,30,31,32). The molecule has 4 N–H and O–H groups in total. The summed E-state index contributed by atoms with van der Waals surface area (Å²) in [6.45, 7) is 5.17. The number of pyridine rings is 1. The van der Waals surface area contributed by atoms with Gasteiger partial charge >= 0.3 is 0 Å². The van der Waals surface area contributed by atoms with E-state index in [1.54, 1.807) is 0 Å². The van der Waals surface area contributed by atoms with Gasteiger partial charge < -0.3 is 16.4 Å². The average Bonchev–Trinajstić information content (AvgIpc) is 2.80. The van der Waals surface area contributed by atoms with Gasteiger partial charge in [0.2, 0.25) is 0 Å². The van der Waals surface area contributed by atoms with Crippen molar-refractivity contribution in [1.29, 1.82) is 0 Å². The van der Waals surface area contributed by atoms with Crippen molar-refractivity contribution in [2.24, 2.45) is 0 Å². The quantitative estimate of drug-likeness (QED) is 0.209. The van der Waals surface area contributed by atoms with Crippen LogP contribution in [0.15, 0.2) is 24.7 Å². The van der Waals surface area contributed by atoms with E-state index in [1.807, 2.05) is 25.3 Å². The van der Waals surface area contributed by atoms with Crippen molar-refractivity contribution in [2.45, 2.75) is 104 Å². The smallest absolute Gasteiger partial charge is 0.160 e. The number of anilines is 4. The Morgan fingerprint density at radius 2 is 1.28 bits per heavy atom. The first kappa shape index (κ1) is 25.9. The first-order chi connectivity index (χ1) is 15.7. The van der Waals surface area contributed by atoms with Crippen molar-refractivity contribution >= 4 is 23.1 Å². The van der Waals surface area contributed by atoms with Gasteiger partial charge in [0.15, 0.2) is 11.6 Å². The molecule has 0 amide bonds. The van der Waals surface area contributed by atoms with Gasteiger partial charge in [-0.15, -0.1) is 0 Å². The number of aryl methyl sites for hydroxylation is 1. The van der Waals surface area contributed by atoms with Crippen molar-refractivity contribution in [1.82, 2.24) is 15.0 Å². The molecular formula is C26H44N6. The van der Waals surface area contributed by atoms with E-state index >= 15 is 0 Å². The van der Waals surface area contributed by atoms with Crippen LogP contribution in [0.5, 0.6) is 0 Å². The van der Waals surface area contributed by atoms with E-state index < -0.39 is 0 Å². The molecule has 2 heterocycles. The maximum Gasteiger partial charge on any atom is 0.160 e. The van der Waals surface area contributed by atoms with Crippen LogP contribution in [0.25, 0.3) is 0 Å². The minimum absolute atomic E-state index is 0.528. The summed E-state index contributed by atoms with van der Waals surface area (Å²) in [5.41, 5.74) is 7.88. The van der Waals surface area contributed by atoms with Gasteiger partial charge in [-0.1, -0.05) is 96.5 Å². The van der Waals surface area contributed by atoms with Crippen molar-refractivity contribution in [3.05, 3.63) is 30.2 Å². The molecule has 0 aliphatic heterocycles. The zero-order chi connectivity index (χ0) is 22.9. The Kier molecular flexibility index (Phi) is 13.2. The third-order valence-electron chi connectivity index (χ3n) is 5.86. The number of nitrogen functional groups attached to an aromatic ring is 1. The monoisotopic (exact) mass is 440 g/mol. The highest BCUT2D eigenvalue weighted by Gasteiger charge is 2.08. The van der Waals surface area contributed by atoms with E-state index in [0.717, 1.165) is 24.3 Å². The molecule has 0 bridgehead atoms. The van der Waals surface area contributed by atoms with Gasteiger partial charge in [-0.25, -0.2) is 15.0 Å². The summed E-state index contributed by atoms with van der Waals surface area (Å²) >= 11 is 0. The Labute approximate surface area is 195 Å². The van der Waals surface area contributed by atoms with Gasteiger partial charge in [0.05, 0.1) is 0 Å². The normalized spacial score (nSPS) is 10.9. The lowest BCUT2D eigenvalue weighted by molar-refractivity contribution is 0.537. The van der Waals surface area contributed by atoms with Crippen molar-refractivity contribution in [2.75, 3.05) is 22.9 Å². The van der Waals surface area contributed by atoms with Crippen LogP contribution in [-0.2, 0) is 0 Å². The van der Waals surface area contributed by atoms with E-state index in [2.05, 4.69) is 32.5 Å².